The Bertz CT molecular complexity index is 1290. The van der Waals surface area contributed by atoms with Gasteiger partial charge in [-0.3, -0.25) is 14.4 Å². The normalized spacial score (nSPS) is 15.2. The fourth-order valence-corrected chi connectivity index (χ4v) is 4.67. The predicted molar refractivity (Wildman–Crippen MR) is 119 cm³/mol. The number of allylic oxidation sites excluding steroid dienone is 1. The Hall–Kier alpha value is -3.03. The molecule has 152 valence electrons. The van der Waals surface area contributed by atoms with E-state index in [0.717, 1.165) is 34.6 Å². The smallest absolute Gasteiger partial charge is 0.310 e. The summed E-state index contributed by atoms with van der Waals surface area (Å²) in [5, 5.41) is 11.2. The third kappa shape index (κ3) is 3.11. The largest absolute Gasteiger partial charge is 0.493 e. The Kier molecular flexibility index (Phi) is 4.64. The molecule has 0 aliphatic carbocycles. The van der Waals surface area contributed by atoms with Crippen molar-refractivity contribution in [2.24, 2.45) is 4.99 Å². The summed E-state index contributed by atoms with van der Waals surface area (Å²) in [5.74, 6) is 1.05. The first-order valence-electron chi connectivity index (χ1n) is 9.43. The van der Waals surface area contributed by atoms with Crippen LogP contribution in [0.2, 0.25) is 5.02 Å². The van der Waals surface area contributed by atoms with Gasteiger partial charge in [0.15, 0.2) is 11.5 Å². The van der Waals surface area contributed by atoms with E-state index in [1.807, 2.05) is 12.1 Å². The number of hydrogen-bond donors (Lipinski definition) is 1. The van der Waals surface area contributed by atoms with Crippen LogP contribution in [0, 0.1) is 0 Å². The fourth-order valence-electron chi connectivity index (χ4n) is 3.62. The van der Waals surface area contributed by atoms with Gasteiger partial charge in [-0.25, -0.2) is 0 Å². The Labute approximate surface area is 181 Å². The molecule has 0 bridgehead atoms. The van der Waals surface area contributed by atoms with Gasteiger partial charge in [-0.05, 0) is 29.7 Å². The monoisotopic (exact) mass is 440 g/mol. The second-order valence-electron chi connectivity index (χ2n) is 6.96. The maximum atomic E-state index is 12.6. The van der Waals surface area contributed by atoms with Gasteiger partial charge < -0.3 is 14.6 Å². The van der Waals surface area contributed by atoms with Crippen molar-refractivity contribution in [1.29, 1.82) is 0 Å². The standard InChI is InChI=1S/C22H17ClN2O4S/c1-2-12-4-3-5-15-13(9-24-20(12)15)7-19-21(26)25(22(27)30-19)10-14-6-17-18(8-16(14)23)29-11-28-17/h3-9,26H,2,10-11H2,1H3/b13-7-. The molecule has 3 heterocycles. The van der Waals surface area contributed by atoms with Gasteiger partial charge in [0.05, 0.1) is 17.1 Å². The molecule has 5 rings (SSSR count). The number of ether oxygens (including phenoxy) is 2. The first-order chi connectivity index (χ1) is 14.5. The summed E-state index contributed by atoms with van der Waals surface area (Å²) >= 11 is 7.32. The second kappa shape index (κ2) is 7.34. The quantitative estimate of drug-likeness (QED) is 0.628. The predicted octanol–water partition coefficient (Wildman–Crippen LogP) is 4.86. The summed E-state index contributed by atoms with van der Waals surface area (Å²) in [5.41, 5.74) is 4.64. The Morgan fingerprint density at radius 2 is 2.07 bits per heavy atom. The van der Waals surface area contributed by atoms with Crippen molar-refractivity contribution in [2.45, 2.75) is 19.9 Å². The van der Waals surface area contributed by atoms with Crippen LogP contribution in [0.3, 0.4) is 0 Å². The number of nitrogens with zero attached hydrogens (tertiary/aromatic N) is 2. The number of fused-ring (bicyclic) bond motifs is 2. The molecule has 0 radical (unpaired) electrons. The highest BCUT2D eigenvalue weighted by atomic mass is 35.5. The molecule has 0 atom stereocenters. The van der Waals surface area contributed by atoms with Gasteiger partial charge in [-0.15, -0.1) is 0 Å². The molecule has 30 heavy (non-hydrogen) atoms. The van der Waals surface area contributed by atoms with Crippen molar-refractivity contribution >= 4 is 46.5 Å². The van der Waals surface area contributed by atoms with Crippen molar-refractivity contribution in [3.8, 4) is 17.4 Å². The number of benzene rings is 2. The third-order valence-electron chi connectivity index (χ3n) is 5.19. The molecule has 0 unspecified atom stereocenters. The van der Waals surface area contributed by atoms with E-state index < -0.39 is 0 Å². The zero-order valence-corrected chi connectivity index (χ0v) is 17.6. The van der Waals surface area contributed by atoms with E-state index in [1.54, 1.807) is 24.4 Å². The SMILES string of the molecule is CCc1cccc2c1N=C/C2=C/c1sc(=O)n(Cc2cc3c(cc2Cl)OCO3)c1O. The van der Waals surface area contributed by atoms with Gasteiger partial charge in [0.1, 0.15) is 0 Å². The summed E-state index contributed by atoms with van der Waals surface area (Å²) in [6.45, 7) is 2.36. The number of aromatic nitrogens is 1. The van der Waals surface area contributed by atoms with Gasteiger partial charge in [0.25, 0.3) is 0 Å². The highest BCUT2D eigenvalue weighted by Gasteiger charge is 2.21. The highest BCUT2D eigenvalue weighted by Crippen LogP contribution is 2.39. The molecule has 2 aliphatic rings. The van der Waals surface area contributed by atoms with Crippen LogP contribution in [0.4, 0.5) is 5.69 Å². The zero-order chi connectivity index (χ0) is 20.8. The van der Waals surface area contributed by atoms with Crippen LogP contribution in [0.25, 0.3) is 11.6 Å². The molecule has 0 amide bonds. The molecule has 6 nitrogen and oxygen atoms in total. The number of hydrogen-bond acceptors (Lipinski definition) is 6. The van der Waals surface area contributed by atoms with E-state index in [9.17, 15) is 9.90 Å². The van der Waals surface area contributed by atoms with Crippen LogP contribution in [0.5, 0.6) is 17.4 Å². The molecule has 0 spiro atoms. The molecule has 0 saturated heterocycles. The molecule has 0 fully saturated rings. The molecule has 0 saturated carbocycles. The average molecular weight is 441 g/mol. The van der Waals surface area contributed by atoms with Crippen LogP contribution >= 0.6 is 22.9 Å². The summed E-state index contributed by atoms with van der Waals surface area (Å²) in [7, 11) is 0. The number of rotatable bonds is 4. The molecule has 3 aromatic rings. The fraction of sp³-hybridized carbons (Fsp3) is 0.182. The summed E-state index contributed by atoms with van der Waals surface area (Å²) in [6, 6.07) is 9.44. The zero-order valence-electron chi connectivity index (χ0n) is 16.0. The minimum Gasteiger partial charge on any atom is -0.493 e. The number of para-hydroxylation sites is 1. The molecule has 8 heteroatoms. The van der Waals surface area contributed by atoms with E-state index in [0.29, 0.717) is 27.0 Å². The van der Waals surface area contributed by atoms with Crippen molar-refractivity contribution in [3.05, 3.63) is 66.6 Å². The number of aromatic hydroxyl groups is 1. The topological polar surface area (TPSA) is 73.1 Å². The molecule has 1 aromatic heterocycles. The van der Waals surface area contributed by atoms with Crippen molar-refractivity contribution in [2.75, 3.05) is 6.79 Å². The van der Waals surface area contributed by atoms with Gasteiger partial charge in [0.2, 0.25) is 12.7 Å². The summed E-state index contributed by atoms with van der Waals surface area (Å²) < 4.78 is 12.0. The van der Waals surface area contributed by atoms with Gasteiger partial charge in [0, 0.05) is 28.4 Å². The number of aryl methyl sites for hydroxylation is 1. The second-order valence-corrected chi connectivity index (χ2v) is 8.36. The lowest BCUT2D eigenvalue weighted by Gasteiger charge is -2.08. The van der Waals surface area contributed by atoms with E-state index in [4.69, 9.17) is 21.1 Å². The van der Waals surface area contributed by atoms with Crippen LogP contribution in [-0.4, -0.2) is 22.7 Å². The maximum Gasteiger partial charge on any atom is 0.310 e. The minimum absolute atomic E-state index is 0.0975. The van der Waals surface area contributed by atoms with Crippen molar-refractivity contribution in [3.63, 3.8) is 0 Å². The van der Waals surface area contributed by atoms with Gasteiger partial charge in [-0.2, -0.15) is 0 Å². The molecular formula is C22H17ClN2O4S. The lowest BCUT2D eigenvalue weighted by Crippen LogP contribution is -2.13. The van der Waals surface area contributed by atoms with Crippen LogP contribution in [0.1, 0.15) is 28.5 Å². The molecular weight excluding hydrogens is 424 g/mol. The van der Waals surface area contributed by atoms with E-state index in [2.05, 4.69) is 18.0 Å². The average Bonchev–Trinajstić information content (AvgIpc) is 3.43. The molecule has 2 aromatic carbocycles. The lowest BCUT2D eigenvalue weighted by molar-refractivity contribution is 0.174. The van der Waals surface area contributed by atoms with Crippen LogP contribution in [0.15, 0.2) is 40.1 Å². The van der Waals surface area contributed by atoms with Gasteiger partial charge in [-0.1, -0.05) is 48.1 Å². The Morgan fingerprint density at radius 3 is 2.87 bits per heavy atom. The Balaban J connectivity index is 1.50. The van der Waals surface area contributed by atoms with E-state index >= 15 is 0 Å². The number of aliphatic imine (C=N–C) groups is 1. The third-order valence-corrected chi connectivity index (χ3v) is 6.46. The first-order valence-corrected chi connectivity index (χ1v) is 10.6. The number of thiazole rings is 1. The first kappa shape index (κ1) is 19.0. The Morgan fingerprint density at radius 1 is 1.27 bits per heavy atom. The van der Waals surface area contributed by atoms with Crippen molar-refractivity contribution < 1.29 is 14.6 Å². The van der Waals surface area contributed by atoms with Gasteiger partial charge >= 0.3 is 4.87 Å². The molecule has 1 N–H and O–H groups in total. The van der Waals surface area contributed by atoms with Crippen molar-refractivity contribution in [1.82, 2.24) is 4.57 Å². The maximum absolute atomic E-state index is 12.6. The summed E-state index contributed by atoms with van der Waals surface area (Å²) in [4.78, 5) is 17.3. The van der Waals surface area contributed by atoms with E-state index in [-0.39, 0.29) is 24.1 Å². The summed E-state index contributed by atoms with van der Waals surface area (Å²) in [6.07, 6.45) is 4.46. The van der Waals surface area contributed by atoms with Crippen LogP contribution < -0.4 is 14.3 Å². The van der Waals surface area contributed by atoms with E-state index in [1.165, 1.54) is 10.1 Å². The minimum atomic E-state index is -0.273. The lowest BCUT2D eigenvalue weighted by atomic mass is 10.0. The molecule has 2 aliphatic heterocycles. The number of halogens is 1. The van der Waals surface area contributed by atoms with Crippen LogP contribution in [-0.2, 0) is 13.0 Å². The highest BCUT2D eigenvalue weighted by molar-refractivity contribution is 7.10.